The number of benzene rings is 2. The number of aryl methyl sites for hydroxylation is 1. The maximum absolute atomic E-state index is 13.5. The van der Waals surface area contributed by atoms with Gasteiger partial charge in [0, 0.05) is 10.8 Å². The fourth-order valence-corrected chi connectivity index (χ4v) is 1.74. The van der Waals surface area contributed by atoms with Gasteiger partial charge < -0.3 is 0 Å². The second-order valence-electron chi connectivity index (χ2n) is 3.67. The van der Waals surface area contributed by atoms with Crippen LogP contribution in [-0.4, -0.2) is 7.85 Å². The minimum absolute atomic E-state index is 0.688. The van der Waals surface area contributed by atoms with E-state index in [1.807, 2.05) is 0 Å². The van der Waals surface area contributed by atoms with E-state index >= 15 is 0 Å². The van der Waals surface area contributed by atoms with Gasteiger partial charge in [0.05, 0.1) is 0 Å². The molecule has 2 rings (SSSR count). The lowest BCUT2D eigenvalue weighted by atomic mass is 9.86. The summed E-state index contributed by atoms with van der Waals surface area (Å²) in [5.41, 5.74) is -1.80. The fraction of sp³-hybridized carbons (Fsp3) is 0.0909. The van der Waals surface area contributed by atoms with E-state index in [0.717, 1.165) is 6.92 Å². The van der Waals surface area contributed by atoms with Crippen LogP contribution in [-0.2, 0) is 0 Å². The molecule has 0 amide bonds. The highest BCUT2D eigenvalue weighted by atomic mass is 19.2. The first-order valence-electron chi connectivity index (χ1n) is 4.67. The normalized spacial score (nSPS) is 11.3. The molecule has 0 aliphatic rings. The van der Waals surface area contributed by atoms with E-state index in [2.05, 4.69) is 0 Å². The van der Waals surface area contributed by atoms with Crippen LogP contribution in [0.15, 0.2) is 0 Å². The average molecular weight is 260 g/mol. The van der Waals surface area contributed by atoms with Crippen molar-refractivity contribution in [2.75, 3.05) is 0 Å². The number of hydrogen-bond acceptors (Lipinski definition) is 0. The van der Waals surface area contributed by atoms with Crippen molar-refractivity contribution in [1.82, 2.24) is 0 Å². The van der Waals surface area contributed by atoms with Crippen molar-refractivity contribution < 1.29 is 26.3 Å². The van der Waals surface area contributed by atoms with Crippen molar-refractivity contribution in [3.8, 4) is 0 Å². The molecule has 18 heavy (non-hydrogen) atoms. The molecule has 2 aromatic rings. The van der Waals surface area contributed by atoms with Crippen LogP contribution in [0.5, 0.6) is 0 Å². The van der Waals surface area contributed by atoms with E-state index in [4.69, 9.17) is 7.85 Å². The molecule has 0 aliphatic carbocycles. The quantitative estimate of drug-likeness (QED) is 0.295. The topological polar surface area (TPSA) is 0 Å². The second-order valence-corrected chi connectivity index (χ2v) is 3.67. The minimum atomic E-state index is -2.13. The fourth-order valence-electron chi connectivity index (χ4n) is 1.74. The van der Waals surface area contributed by atoms with E-state index in [1.54, 1.807) is 0 Å². The Balaban J connectivity index is 3.22. The lowest BCUT2D eigenvalue weighted by Gasteiger charge is -2.12. The summed E-state index contributed by atoms with van der Waals surface area (Å²) in [6.07, 6.45) is 0. The average Bonchev–Trinajstić information content (AvgIpc) is 2.35. The SMILES string of the molecule is [B]c1c(F)c(F)c(C)c2c(F)c(F)c(F)c(F)c12. The van der Waals surface area contributed by atoms with Crippen molar-refractivity contribution in [2.45, 2.75) is 6.92 Å². The molecule has 0 aromatic heterocycles. The zero-order valence-corrected chi connectivity index (χ0v) is 8.85. The van der Waals surface area contributed by atoms with Gasteiger partial charge in [-0.05, 0) is 17.9 Å². The van der Waals surface area contributed by atoms with Crippen molar-refractivity contribution in [1.29, 1.82) is 0 Å². The number of rotatable bonds is 0. The molecule has 0 saturated carbocycles. The summed E-state index contributed by atoms with van der Waals surface area (Å²) >= 11 is 0. The molecule has 0 unspecified atom stereocenters. The van der Waals surface area contributed by atoms with Crippen molar-refractivity contribution >= 4 is 24.1 Å². The lowest BCUT2D eigenvalue weighted by molar-refractivity contribution is 0.417. The molecule has 0 fully saturated rings. The van der Waals surface area contributed by atoms with Gasteiger partial charge in [0.2, 0.25) is 0 Å². The molecule has 0 spiro atoms. The van der Waals surface area contributed by atoms with Crippen LogP contribution >= 0.6 is 0 Å². The molecule has 0 bridgehead atoms. The summed E-state index contributed by atoms with van der Waals surface area (Å²) in [4.78, 5) is 0. The lowest BCUT2D eigenvalue weighted by Crippen LogP contribution is -2.18. The first-order valence-corrected chi connectivity index (χ1v) is 4.67. The zero-order valence-electron chi connectivity index (χ0n) is 8.85. The molecular formula is C11H3BF6. The zero-order chi connectivity index (χ0) is 13.8. The van der Waals surface area contributed by atoms with E-state index in [1.165, 1.54) is 0 Å². The Hall–Kier alpha value is -1.66. The van der Waals surface area contributed by atoms with Gasteiger partial charge in [0.25, 0.3) is 0 Å². The van der Waals surface area contributed by atoms with E-state index < -0.39 is 56.7 Å². The van der Waals surface area contributed by atoms with Crippen LogP contribution in [0.4, 0.5) is 26.3 Å². The Morgan fingerprint density at radius 3 is 1.56 bits per heavy atom. The Morgan fingerprint density at radius 2 is 1.06 bits per heavy atom. The third-order valence-corrected chi connectivity index (χ3v) is 2.67. The van der Waals surface area contributed by atoms with Crippen LogP contribution in [0.25, 0.3) is 10.8 Å². The summed E-state index contributed by atoms with van der Waals surface area (Å²) in [6.45, 7) is 0.903. The first-order chi connectivity index (χ1) is 8.29. The minimum Gasteiger partial charge on any atom is -0.204 e. The van der Waals surface area contributed by atoms with Crippen LogP contribution in [0.2, 0.25) is 0 Å². The monoisotopic (exact) mass is 260 g/mol. The van der Waals surface area contributed by atoms with Gasteiger partial charge in [0.15, 0.2) is 34.9 Å². The van der Waals surface area contributed by atoms with Gasteiger partial charge in [-0.2, -0.15) is 0 Å². The smallest absolute Gasteiger partial charge is 0.198 e. The summed E-state index contributed by atoms with van der Waals surface area (Å²) < 4.78 is 79.5. The third kappa shape index (κ3) is 1.42. The van der Waals surface area contributed by atoms with Gasteiger partial charge >= 0.3 is 0 Å². The second kappa shape index (κ2) is 3.93. The highest BCUT2D eigenvalue weighted by Gasteiger charge is 2.26. The largest absolute Gasteiger partial charge is 0.204 e. The summed E-state index contributed by atoms with van der Waals surface area (Å²) in [5, 5.41) is -1.93. The third-order valence-electron chi connectivity index (χ3n) is 2.67. The Morgan fingerprint density at radius 1 is 0.611 bits per heavy atom. The summed E-state index contributed by atoms with van der Waals surface area (Å²) in [7, 11) is 5.07. The summed E-state index contributed by atoms with van der Waals surface area (Å²) in [5.74, 6) is -11.1. The van der Waals surface area contributed by atoms with Crippen molar-refractivity contribution in [3.05, 3.63) is 40.5 Å². The maximum atomic E-state index is 13.5. The molecule has 0 atom stereocenters. The van der Waals surface area contributed by atoms with Crippen molar-refractivity contribution in [3.63, 3.8) is 0 Å². The molecule has 0 aliphatic heterocycles. The highest BCUT2D eigenvalue weighted by Crippen LogP contribution is 2.30. The Kier molecular flexibility index (Phi) is 2.79. The van der Waals surface area contributed by atoms with Gasteiger partial charge in [-0.1, -0.05) is 0 Å². The van der Waals surface area contributed by atoms with Gasteiger partial charge in [0.1, 0.15) is 7.85 Å². The number of fused-ring (bicyclic) bond motifs is 1. The van der Waals surface area contributed by atoms with Gasteiger partial charge in [-0.15, -0.1) is 0 Å². The molecule has 0 N–H and O–H groups in total. The van der Waals surface area contributed by atoms with Crippen LogP contribution in [0, 0.1) is 41.8 Å². The van der Waals surface area contributed by atoms with E-state index in [9.17, 15) is 26.3 Å². The summed E-state index contributed by atoms with van der Waals surface area (Å²) in [6, 6.07) is 0. The van der Waals surface area contributed by atoms with Gasteiger partial charge in [-0.3, -0.25) is 0 Å². The predicted molar refractivity (Wildman–Crippen MR) is 53.8 cm³/mol. The van der Waals surface area contributed by atoms with Crippen LogP contribution in [0.3, 0.4) is 0 Å². The first kappa shape index (κ1) is 12.8. The molecule has 2 radical (unpaired) electrons. The maximum Gasteiger partial charge on any atom is 0.198 e. The van der Waals surface area contributed by atoms with E-state index in [0.29, 0.717) is 0 Å². The van der Waals surface area contributed by atoms with Crippen LogP contribution in [0.1, 0.15) is 5.56 Å². The molecule has 0 heterocycles. The van der Waals surface area contributed by atoms with Crippen molar-refractivity contribution in [2.24, 2.45) is 0 Å². The molecule has 2 aromatic carbocycles. The Labute approximate surface area is 98.6 Å². The molecular weight excluding hydrogens is 257 g/mol. The highest BCUT2D eigenvalue weighted by molar-refractivity contribution is 6.39. The molecule has 0 nitrogen and oxygen atoms in total. The number of hydrogen-bond donors (Lipinski definition) is 0. The van der Waals surface area contributed by atoms with Crippen LogP contribution < -0.4 is 5.46 Å². The molecule has 92 valence electrons. The molecule has 0 saturated heterocycles. The number of halogens is 6. The molecule has 7 heteroatoms. The Bertz CT molecular complexity index is 567. The standard InChI is InChI=1S/C11H3BF6/c1-2-3-4(5(12)9(16)6(2)13)8(15)11(18)10(17)7(3)14/h1H3. The van der Waals surface area contributed by atoms with E-state index in [-0.39, 0.29) is 0 Å². The predicted octanol–water partition coefficient (Wildman–Crippen LogP) is 2.78. The van der Waals surface area contributed by atoms with Gasteiger partial charge in [-0.25, -0.2) is 26.3 Å².